The number of hydrogen-bond donors (Lipinski definition) is 2. The van der Waals surface area contributed by atoms with Crippen LogP contribution >= 0.6 is 0 Å². The Balaban J connectivity index is 2.40. The van der Waals surface area contributed by atoms with Crippen molar-refractivity contribution in [3.8, 4) is 0 Å². The molecule has 0 radical (unpaired) electrons. The topological polar surface area (TPSA) is 80.0 Å². The summed E-state index contributed by atoms with van der Waals surface area (Å²) in [5.74, 6) is -1.05. The van der Waals surface area contributed by atoms with Gasteiger partial charge >= 0.3 is 5.97 Å². The third-order valence-electron chi connectivity index (χ3n) is 2.59. The van der Waals surface area contributed by atoms with E-state index in [1.807, 2.05) is 0 Å². The van der Waals surface area contributed by atoms with Crippen LogP contribution in [-0.2, 0) is 6.54 Å². The molecule has 0 amide bonds. The summed E-state index contributed by atoms with van der Waals surface area (Å²) in [7, 11) is 0. The molecule has 0 atom stereocenters. The second-order valence-electron chi connectivity index (χ2n) is 4.34. The van der Waals surface area contributed by atoms with Gasteiger partial charge in [0.15, 0.2) is 5.69 Å². The second-order valence-corrected chi connectivity index (χ2v) is 4.34. The molecule has 6 heteroatoms. The number of aromatic carboxylic acids is 1. The molecule has 0 aliphatic carbocycles. The summed E-state index contributed by atoms with van der Waals surface area (Å²) in [6.45, 7) is 7.71. The van der Waals surface area contributed by atoms with Crippen molar-refractivity contribution in [2.24, 2.45) is 0 Å². The summed E-state index contributed by atoms with van der Waals surface area (Å²) in [5, 5.41) is 19.3. The molecule has 1 rings (SSSR count). The highest BCUT2D eigenvalue weighted by Crippen LogP contribution is 2.05. The Labute approximate surface area is 94.7 Å². The van der Waals surface area contributed by atoms with Gasteiger partial charge < -0.3 is 10.4 Å². The third-order valence-corrected chi connectivity index (χ3v) is 2.59. The number of nitrogens with zero attached hydrogens (tertiary/aromatic N) is 3. The van der Waals surface area contributed by atoms with E-state index >= 15 is 0 Å². The van der Waals surface area contributed by atoms with Crippen LogP contribution in [0.25, 0.3) is 0 Å². The summed E-state index contributed by atoms with van der Waals surface area (Å²) in [6, 6.07) is 0. The molecule has 16 heavy (non-hydrogen) atoms. The molecule has 0 saturated heterocycles. The Morgan fingerprint density at radius 3 is 2.81 bits per heavy atom. The average Bonchev–Trinajstić information content (AvgIpc) is 2.66. The Morgan fingerprint density at radius 2 is 2.31 bits per heavy atom. The van der Waals surface area contributed by atoms with Gasteiger partial charge in [-0.3, -0.25) is 4.68 Å². The van der Waals surface area contributed by atoms with Crippen LogP contribution in [0.15, 0.2) is 6.20 Å². The fourth-order valence-electron chi connectivity index (χ4n) is 1.14. The van der Waals surface area contributed by atoms with E-state index < -0.39 is 5.97 Å². The summed E-state index contributed by atoms with van der Waals surface area (Å²) in [6.07, 6.45) is 2.47. The zero-order chi connectivity index (χ0) is 12.2. The predicted molar refractivity (Wildman–Crippen MR) is 59.4 cm³/mol. The molecule has 1 aromatic rings. The SMILES string of the molecule is CCC(C)(C)NCCn1cc(C(=O)O)nn1. The Kier molecular flexibility index (Phi) is 4.00. The van der Waals surface area contributed by atoms with Crippen molar-refractivity contribution in [2.45, 2.75) is 39.3 Å². The van der Waals surface area contributed by atoms with Crippen molar-refractivity contribution < 1.29 is 9.90 Å². The highest BCUT2D eigenvalue weighted by atomic mass is 16.4. The molecule has 1 aromatic heterocycles. The monoisotopic (exact) mass is 226 g/mol. The number of carboxylic acids is 1. The van der Waals surface area contributed by atoms with Gasteiger partial charge in [-0.05, 0) is 20.3 Å². The summed E-state index contributed by atoms with van der Waals surface area (Å²) in [5.41, 5.74) is 0.0747. The zero-order valence-electron chi connectivity index (χ0n) is 9.90. The normalized spacial score (nSPS) is 11.7. The van der Waals surface area contributed by atoms with Crippen LogP contribution in [0.4, 0.5) is 0 Å². The first kappa shape index (κ1) is 12.6. The molecule has 2 N–H and O–H groups in total. The Morgan fingerprint density at radius 1 is 1.62 bits per heavy atom. The Bertz CT molecular complexity index is 359. The maximum atomic E-state index is 10.6. The molecule has 0 aromatic carbocycles. The van der Waals surface area contributed by atoms with Crippen LogP contribution in [0.5, 0.6) is 0 Å². The van der Waals surface area contributed by atoms with Gasteiger partial charge in [-0.2, -0.15) is 0 Å². The van der Waals surface area contributed by atoms with Crippen molar-refractivity contribution >= 4 is 5.97 Å². The highest BCUT2D eigenvalue weighted by Gasteiger charge is 2.13. The van der Waals surface area contributed by atoms with Crippen molar-refractivity contribution in [3.63, 3.8) is 0 Å². The minimum absolute atomic E-state index is 0.0187. The molecule has 0 fully saturated rings. The fourth-order valence-corrected chi connectivity index (χ4v) is 1.14. The van der Waals surface area contributed by atoms with Crippen LogP contribution in [0.1, 0.15) is 37.7 Å². The van der Waals surface area contributed by atoms with Crippen molar-refractivity contribution in [1.82, 2.24) is 20.3 Å². The average molecular weight is 226 g/mol. The molecule has 0 unspecified atom stereocenters. The van der Waals surface area contributed by atoms with Crippen molar-refractivity contribution in [3.05, 3.63) is 11.9 Å². The lowest BCUT2D eigenvalue weighted by molar-refractivity contribution is 0.0690. The summed E-state index contributed by atoms with van der Waals surface area (Å²) < 4.78 is 1.53. The van der Waals surface area contributed by atoms with Gasteiger partial charge in [0.1, 0.15) is 0 Å². The fraction of sp³-hybridized carbons (Fsp3) is 0.700. The molecular weight excluding hydrogens is 208 g/mol. The van der Waals surface area contributed by atoms with Crippen molar-refractivity contribution in [1.29, 1.82) is 0 Å². The first-order valence-corrected chi connectivity index (χ1v) is 5.33. The number of hydrogen-bond acceptors (Lipinski definition) is 4. The van der Waals surface area contributed by atoms with Gasteiger partial charge in [-0.15, -0.1) is 5.10 Å². The summed E-state index contributed by atoms with van der Waals surface area (Å²) in [4.78, 5) is 10.6. The molecule has 1 heterocycles. The van der Waals surface area contributed by atoms with E-state index in [4.69, 9.17) is 5.11 Å². The van der Waals surface area contributed by atoms with Gasteiger partial charge in [0.25, 0.3) is 0 Å². The van der Waals surface area contributed by atoms with Crippen LogP contribution in [0, 0.1) is 0 Å². The first-order valence-electron chi connectivity index (χ1n) is 5.33. The number of carbonyl (C=O) groups is 1. The second kappa shape index (κ2) is 5.07. The van der Waals surface area contributed by atoms with Crippen LogP contribution in [0.3, 0.4) is 0 Å². The van der Waals surface area contributed by atoms with E-state index in [9.17, 15) is 4.79 Å². The molecule has 0 saturated carbocycles. The number of rotatable bonds is 6. The van der Waals surface area contributed by atoms with Crippen LogP contribution in [-0.4, -0.2) is 38.2 Å². The van der Waals surface area contributed by atoms with Crippen LogP contribution in [0.2, 0.25) is 0 Å². The molecule has 0 aliphatic heterocycles. The maximum Gasteiger partial charge on any atom is 0.358 e. The van der Waals surface area contributed by atoms with E-state index in [0.29, 0.717) is 6.54 Å². The van der Waals surface area contributed by atoms with Gasteiger partial charge in [0, 0.05) is 12.1 Å². The quantitative estimate of drug-likeness (QED) is 0.748. The van der Waals surface area contributed by atoms with Crippen molar-refractivity contribution in [2.75, 3.05) is 6.54 Å². The minimum atomic E-state index is -1.05. The molecule has 0 spiro atoms. The Hall–Kier alpha value is -1.43. The smallest absolute Gasteiger partial charge is 0.358 e. The minimum Gasteiger partial charge on any atom is -0.476 e. The van der Waals surface area contributed by atoms with E-state index in [-0.39, 0.29) is 11.2 Å². The molecule has 0 aliphatic rings. The van der Waals surface area contributed by atoms with E-state index in [2.05, 4.69) is 36.4 Å². The van der Waals surface area contributed by atoms with Gasteiger partial charge in [0.2, 0.25) is 0 Å². The van der Waals surface area contributed by atoms with Gasteiger partial charge in [-0.1, -0.05) is 12.1 Å². The largest absolute Gasteiger partial charge is 0.476 e. The standard InChI is InChI=1S/C10H18N4O2/c1-4-10(2,3)11-5-6-14-7-8(9(15)16)12-13-14/h7,11H,4-6H2,1-3H3,(H,15,16). The van der Waals surface area contributed by atoms with Crippen LogP contribution < -0.4 is 5.32 Å². The number of carboxylic acid groups (broad SMARTS) is 1. The molecule has 0 bridgehead atoms. The lowest BCUT2D eigenvalue weighted by Crippen LogP contribution is -2.40. The predicted octanol–water partition coefficient (Wildman–Crippen LogP) is 0.754. The highest BCUT2D eigenvalue weighted by molar-refractivity contribution is 5.84. The molecule has 6 nitrogen and oxygen atoms in total. The zero-order valence-corrected chi connectivity index (χ0v) is 9.90. The van der Waals surface area contributed by atoms with Gasteiger partial charge in [-0.25, -0.2) is 4.79 Å². The maximum absolute atomic E-state index is 10.6. The van der Waals surface area contributed by atoms with Gasteiger partial charge in [0.05, 0.1) is 12.7 Å². The number of nitrogens with one attached hydrogen (secondary N) is 1. The lowest BCUT2D eigenvalue weighted by Gasteiger charge is -2.24. The third kappa shape index (κ3) is 3.62. The molecule has 90 valence electrons. The van der Waals surface area contributed by atoms with E-state index in [1.165, 1.54) is 10.9 Å². The van der Waals surface area contributed by atoms with E-state index in [1.54, 1.807) is 0 Å². The van der Waals surface area contributed by atoms with E-state index in [0.717, 1.165) is 13.0 Å². The number of aromatic nitrogens is 3. The summed E-state index contributed by atoms with van der Waals surface area (Å²) >= 11 is 0. The lowest BCUT2D eigenvalue weighted by atomic mass is 10.0. The first-order chi connectivity index (χ1) is 7.44. The molecular formula is C10H18N4O2.